The predicted molar refractivity (Wildman–Crippen MR) is 97.8 cm³/mol. The highest BCUT2D eigenvalue weighted by Gasteiger charge is 2.10. The van der Waals surface area contributed by atoms with E-state index in [0.29, 0.717) is 6.54 Å². The molecular formula is C20H21N3O2. The van der Waals surface area contributed by atoms with Crippen LogP contribution in [0.25, 0.3) is 0 Å². The molecular weight excluding hydrogens is 314 g/mol. The van der Waals surface area contributed by atoms with E-state index in [1.54, 1.807) is 6.20 Å². The quantitative estimate of drug-likeness (QED) is 0.749. The van der Waals surface area contributed by atoms with Gasteiger partial charge in [0.1, 0.15) is 5.75 Å². The highest BCUT2D eigenvalue weighted by molar-refractivity contribution is 5.92. The van der Waals surface area contributed by atoms with E-state index in [4.69, 9.17) is 4.74 Å². The minimum atomic E-state index is -0.185. The number of carbonyl (C=O) groups is 1. The predicted octanol–water partition coefficient (Wildman–Crippen LogP) is 3.57. The minimum absolute atomic E-state index is 0.0260. The summed E-state index contributed by atoms with van der Waals surface area (Å²) in [5, 5.41) is 7.13. The Balaban J connectivity index is 1.65. The van der Waals surface area contributed by atoms with Gasteiger partial charge >= 0.3 is 0 Å². The first kappa shape index (κ1) is 16.8. The van der Waals surface area contributed by atoms with Crippen LogP contribution in [-0.2, 0) is 11.3 Å². The Morgan fingerprint density at radius 1 is 1.08 bits per heavy atom. The van der Waals surface area contributed by atoms with E-state index in [9.17, 15) is 4.79 Å². The van der Waals surface area contributed by atoms with E-state index >= 15 is 0 Å². The molecule has 0 atom stereocenters. The summed E-state index contributed by atoms with van der Waals surface area (Å²) in [6.07, 6.45) is 3.63. The average Bonchev–Trinajstić information content (AvgIpc) is 3.09. The molecule has 2 aromatic carbocycles. The molecule has 0 aliphatic carbocycles. The number of nitrogens with zero attached hydrogens (tertiary/aromatic N) is 2. The lowest BCUT2D eigenvalue weighted by Crippen LogP contribution is -2.21. The van der Waals surface area contributed by atoms with Gasteiger partial charge in [0, 0.05) is 18.1 Å². The van der Waals surface area contributed by atoms with Crippen molar-refractivity contribution in [2.24, 2.45) is 0 Å². The maximum absolute atomic E-state index is 12.3. The van der Waals surface area contributed by atoms with Crippen molar-refractivity contribution in [2.75, 3.05) is 11.9 Å². The van der Waals surface area contributed by atoms with Crippen LogP contribution in [0.15, 0.2) is 60.9 Å². The van der Waals surface area contributed by atoms with Gasteiger partial charge in [0.05, 0.1) is 6.54 Å². The Morgan fingerprint density at radius 2 is 1.84 bits per heavy atom. The summed E-state index contributed by atoms with van der Waals surface area (Å²) >= 11 is 0. The first-order valence-electron chi connectivity index (χ1n) is 8.17. The summed E-state index contributed by atoms with van der Waals surface area (Å²) in [6, 6.07) is 15.5. The van der Waals surface area contributed by atoms with E-state index < -0.39 is 0 Å². The molecule has 1 aromatic heterocycles. The van der Waals surface area contributed by atoms with Gasteiger partial charge in [0.25, 0.3) is 5.91 Å². The van der Waals surface area contributed by atoms with Gasteiger partial charge in [0.15, 0.2) is 6.61 Å². The van der Waals surface area contributed by atoms with Crippen molar-refractivity contribution >= 4 is 11.6 Å². The van der Waals surface area contributed by atoms with E-state index in [1.165, 1.54) is 0 Å². The number of hydrogen-bond acceptors (Lipinski definition) is 3. The van der Waals surface area contributed by atoms with Gasteiger partial charge in [-0.05, 0) is 42.7 Å². The smallest absolute Gasteiger partial charge is 0.262 e. The topological polar surface area (TPSA) is 56.1 Å². The van der Waals surface area contributed by atoms with Gasteiger partial charge in [-0.2, -0.15) is 5.10 Å². The highest BCUT2D eigenvalue weighted by atomic mass is 16.5. The maximum Gasteiger partial charge on any atom is 0.262 e. The third kappa shape index (κ3) is 4.26. The molecule has 0 fully saturated rings. The summed E-state index contributed by atoms with van der Waals surface area (Å²) in [6.45, 7) is 4.52. The number of aryl methyl sites for hydroxylation is 2. The maximum atomic E-state index is 12.3. The second-order valence-electron chi connectivity index (χ2n) is 5.92. The van der Waals surface area contributed by atoms with Crippen LogP contribution in [-0.4, -0.2) is 22.3 Å². The van der Waals surface area contributed by atoms with Crippen molar-refractivity contribution in [3.63, 3.8) is 0 Å². The summed E-state index contributed by atoms with van der Waals surface area (Å²) in [7, 11) is 0. The van der Waals surface area contributed by atoms with E-state index in [2.05, 4.69) is 10.4 Å². The van der Waals surface area contributed by atoms with Crippen molar-refractivity contribution in [1.82, 2.24) is 9.78 Å². The molecule has 25 heavy (non-hydrogen) atoms. The molecule has 0 unspecified atom stereocenters. The zero-order valence-electron chi connectivity index (χ0n) is 14.4. The van der Waals surface area contributed by atoms with Gasteiger partial charge in [-0.1, -0.05) is 36.4 Å². The molecule has 0 aliphatic rings. The number of rotatable bonds is 6. The Morgan fingerprint density at radius 3 is 2.56 bits per heavy atom. The molecule has 5 heteroatoms. The standard InChI is InChI=1S/C20H21N3O2/c1-15-7-5-8-16(2)20(15)25-14-19(24)22-18-10-4-3-9-17(18)13-23-12-6-11-21-23/h3-12H,13-14H2,1-2H3,(H,22,24). The SMILES string of the molecule is Cc1cccc(C)c1OCC(=O)Nc1ccccc1Cn1cccn1. The van der Waals surface area contributed by atoms with Gasteiger partial charge in [-0.3, -0.25) is 9.48 Å². The lowest BCUT2D eigenvalue weighted by atomic mass is 10.1. The third-order valence-electron chi connectivity index (χ3n) is 3.94. The second-order valence-corrected chi connectivity index (χ2v) is 5.92. The number of anilines is 1. The number of amides is 1. The van der Waals surface area contributed by atoms with Crippen LogP contribution in [0.2, 0.25) is 0 Å². The molecule has 3 aromatic rings. The number of aromatic nitrogens is 2. The number of nitrogens with one attached hydrogen (secondary N) is 1. The van der Waals surface area contributed by atoms with Crippen LogP contribution in [0.3, 0.4) is 0 Å². The van der Waals surface area contributed by atoms with Crippen molar-refractivity contribution in [2.45, 2.75) is 20.4 Å². The van der Waals surface area contributed by atoms with E-state index in [0.717, 1.165) is 28.1 Å². The number of para-hydroxylation sites is 2. The van der Waals surface area contributed by atoms with Crippen molar-refractivity contribution in [1.29, 1.82) is 0 Å². The number of hydrogen-bond donors (Lipinski definition) is 1. The number of benzene rings is 2. The van der Waals surface area contributed by atoms with Crippen LogP contribution in [0.4, 0.5) is 5.69 Å². The molecule has 1 N–H and O–H groups in total. The summed E-state index contributed by atoms with van der Waals surface area (Å²) < 4.78 is 7.54. The van der Waals surface area contributed by atoms with Crippen molar-refractivity contribution in [3.8, 4) is 5.75 Å². The zero-order valence-corrected chi connectivity index (χ0v) is 14.4. The molecule has 1 heterocycles. The summed E-state index contributed by atoms with van der Waals surface area (Å²) in [5.41, 5.74) is 3.80. The zero-order chi connectivity index (χ0) is 17.6. The first-order valence-corrected chi connectivity index (χ1v) is 8.17. The summed E-state index contributed by atoms with van der Waals surface area (Å²) in [4.78, 5) is 12.3. The lowest BCUT2D eigenvalue weighted by molar-refractivity contribution is -0.118. The number of ether oxygens (including phenoxy) is 1. The fourth-order valence-electron chi connectivity index (χ4n) is 2.70. The molecule has 0 spiro atoms. The Kier molecular flexibility index (Phi) is 5.14. The Hall–Kier alpha value is -3.08. The fourth-order valence-corrected chi connectivity index (χ4v) is 2.70. The summed E-state index contributed by atoms with van der Waals surface area (Å²) in [5.74, 6) is 0.582. The van der Waals surface area contributed by atoms with Crippen LogP contribution in [0.5, 0.6) is 5.75 Å². The minimum Gasteiger partial charge on any atom is -0.483 e. The molecule has 1 amide bonds. The molecule has 0 radical (unpaired) electrons. The van der Waals surface area contributed by atoms with Crippen LogP contribution in [0, 0.1) is 13.8 Å². The molecule has 3 rings (SSSR count). The van der Waals surface area contributed by atoms with E-state index in [1.807, 2.05) is 73.3 Å². The normalized spacial score (nSPS) is 10.5. The molecule has 128 valence electrons. The highest BCUT2D eigenvalue weighted by Crippen LogP contribution is 2.22. The van der Waals surface area contributed by atoms with Gasteiger partial charge in [-0.15, -0.1) is 0 Å². The molecule has 5 nitrogen and oxygen atoms in total. The van der Waals surface area contributed by atoms with Crippen LogP contribution < -0.4 is 10.1 Å². The fraction of sp³-hybridized carbons (Fsp3) is 0.200. The lowest BCUT2D eigenvalue weighted by Gasteiger charge is -2.14. The van der Waals surface area contributed by atoms with Crippen molar-refractivity contribution < 1.29 is 9.53 Å². The largest absolute Gasteiger partial charge is 0.483 e. The second kappa shape index (κ2) is 7.66. The Labute approximate surface area is 147 Å². The average molecular weight is 335 g/mol. The van der Waals surface area contributed by atoms with Gasteiger partial charge in [-0.25, -0.2) is 0 Å². The third-order valence-corrected chi connectivity index (χ3v) is 3.94. The number of carbonyl (C=O) groups excluding carboxylic acids is 1. The molecule has 0 saturated carbocycles. The van der Waals surface area contributed by atoms with Crippen LogP contribution >= 0.6 is 0 Å². The van der Waals surface area contributed by atoms with E-state index in [-0.39, 0.29) is 12.5 Å². The molecule has 0 bridgehead atoms. The van der Waals surface area contributed by atoms with Gasteiger partial charge < -0.3 is 10.1 Å². The Bertz CT molecular complexity index is 837. The van der Waals surface area contributed by atoms with Crippen LogP contribution in [0.1, 0.15) is 16.7 Å². The van der Waals surface area contributed by atoms with Gasteiger partial charge in [0.2, 0.25) is 0 Å². The van der Waals surface area contributed by atoms with Crippen molar-refractivity contribution in [3.05, 3.63) is 77.6 Å². The first-order chi connectivity index (χ1) is 12.1. The molecule has 0 saturated heterocycles. The monoisotopic (exact) mass is 335 g/mol. The molecule has 0 aliphatic heterocycles.